The van der Waals surface area contributed by atoms with Crippen molar-refractivity contribution in [2.45, 2.75) is 56.8 Å². The lowest BCUT2D eigenvalue weighted by Crippen LogP contribution is -2.29. The second kappa shape index (κ2) is 13.2. The van der Waals surface area contributed by atoms with E-state index in [2.05, 4.69) is 22.7 Å². The molecule has 0 aromatic heterocycles. The van der Waals surface area contributed by atoms with Crippen LogP contribution in [-0.2, 0) is 0 Å². The summed E-state index contributed by atoms with van der Waals surface area (Å²) < 4.78 is 0. The molecule has 4 nitrogen and oxygen atoms in total. The zero-order valence-electron chi connectivity index (χ0n) is 13.1. The van der Waals surface area contributed by atoms with E-state index in [1.807, 2.05) is 0 Å². The smallest absolute Gasteiger partial charge is 0.114 e. The number of hydrogen-bond acceptors (Lipinski definition) is 4. The van der Waals surface area contributed by atoms with Gasteiger partial charge in [0, 0.05) is 0 Å². The standard InChI is InChI=1S/C18H27NO3/c1-4-16(20)10-7-13-19(14-8-11-17(21)5-2)15-9-12-18(22)6-3/h1-3,16-18,20-22H,7-15H2. The van der Waals surface area contributed by atoms with Crippen LogP contribution < -0.4 is 0 Å². The summed E-state index contributed by atoms with van der Waals surface area (Å²) in [6.45, 7) is 2.41. The third kappa shape index (κ3) is 11.2. The molecule has 3 atom stereocenters. The van der Waals surface area contributed by atoms with Gasteiger partial charge in [-0.25, -0.2) is 0 Å². The van der Waals surface area contributed by atoms with Gasteiger partial charge in [-0.1, -0.05) is 17.8 Å². The van der Waals surface area contributed by atoms with Crippen LogP contribution in [0, 0.1) is 37.0 Å². The molecule has 0 spiro atoms. The fourth-order valence-corrected chi connectivity index (χ4v) is 2.11. The molecule has 0 aromatic rings. The van der Waals surface area contributed by atoms with E-state index in [9.17, 15) is 15.3 Å². The Hall–Kier alpha value is -1.48. The van der Waals surface area contributed by atoms with Gasteiger partial charge in [0.15, 0.2) is 0 Å². The molecule has 0 bridgehead atoms. The average Bonchev–Trinajstić information content (AvgIpc) is 2.53. The molecule has 3 unspecified atom stereocenters. The largest absolute Gasteiger partial charge is 0.380 e. The van der Waals surface area contributed by atoms with Gasteiger partial charge >= 0.3 is 0 Å². The van der Waals surface area contributed by atoms with Crippen LogP contribution in [0.4, 0.5) is 0 Å². The molecule has 22 heavy (non-hydrogen) atoms. The lowest BCUT2D eigenvalue weighted by Gasteiger charge is -2.23. The zero-order chi connectivity index (χ0) is 16.8. The van der Waals surface area contributed by atoms with Gasteiger partial charge in [-0.05, 0) is 58.2 Å². The first kappa shape index (κ1) is 20.5. The lowest BCUT2D eigenvalue weighted by atomic mass is 10.1. The Labute approximate surface area is 134 Å². The highest BCUT2D eigenvalue weighted by molar-refractivity contribution is 4.94. The summed E-state index contributed by atoms with van der Waals surface area (Å²) in [4.78, 5) is 2.22. The van der Waals surface area contributed by atoms with Gasteiger partial charge in [-0.3, -0.25) is 0 Å². The molecule has 4 heteroatoms. The third-order valence-electron chi connectivity index (χ3n) is 3.43. The maximum atomic E-state index is 9.37. The third-order valence-corrected chi connectivity index (χ3v) is 3.43. The van der Waals surface area contributed by atoms with E-state index in [1.165, 1.54) is 0 Å². The highest BCUT2D eigenvalue weighted by atomic mass is 16.3. The molecule has 0 radical (unpaired) electrons. The minimum Gasteiger partial charge on any atom is -0.380 e. The van der Waals surface area contributed by atoms with Crippen molar-refractivity contribution in [3.05, 3.63) is 0 Å². The topological polar surface area (TPSA) is 63.9 Å². The first-order valence-corrected chi connectivity index (χ1v) is 7.68. The number of aliphatic hydroxyl groups is 3. The lowest BCUT2D eigenvalue weighted by molar-refractivity contribution is 0.177. The van der Waals surface area contributed by atoms with E-state index in [1.54, 1.807) is 0 Å². The molecule has 0 aliphatic heterocycles. The van der Waals surface area contributed by atoms with Crippen molar-refractivity contribution in [2.75, 3.05) is 19.6 Å². The van der Waals surface area contributed by atoms with Crippen molar-refractivity contribution in [1.29, 1.82) is 0 Å². The Morgan fingerprint density at radius 1 is 0.636 bits per heavy atom. The maximum absolute atomic E-state index is 9.37. The second-order valence-corrected chi connectivity index (χ2v) is 5.32. The van der Waals surface area contributed by atoms with Gasteiger partial charge in [0.1, 0.15) is 18.3 Å². The minimum absolute atomic E-state index is 0.562. The maximum Gasteiger partial charge on any atom is 0.114 e. The molecule has 0 saturated heterocycles. The number of aliphatic hydroxyl groups excluding tert-OH is 3. The number of hydrogen-bond donors (Lipinski definition) is 3. The van der Waals surface area contributed by atoms with Crippen LogP contribution in [0.25, 0.3) is 0 Å². The molecule has 122 valence electrons. The zero-order valence-corrected chi connectivity index (χ0v) is 13.1. The Morgan fingerprint density at radius 2 is 0.909 bits per heavy atom. The summed E-state index contributed by atoms with van der Waals surface area (Å²) in [7, 11) is 0. The number of terminal acetylenes is 3. The molecule has 0 saturated carbocycles. The van der Waals surface area contributed by atoms with Gasteiger partial charge in [-0.15, -0.1) is 19.3 Å². The summed E-state index contributed by atoms with van der Waals surface area (Å²) >= 11 is 0. The second-order valence-electron chi connectivity index (χ2n) is 5.32. The van der Waals surface area contributed by atoms with Crippen molar-refractivity contribution in [1.82, 2.24) is 4.90 Å². The number of rotatable bonds is 12. The Bertz CT molecular complexity index is 340. The Morgan fingerprint density at radius 3 is 1.14 bits per heavy atom. The molecule has 0 heterocycles. The highest BCUT2D eigenvalue weighted by Crippen LogP contribution is 2.06. The molecule has 0 amide bonds. The molecule has 0 fully saturated rings. The van der Waals surface area contributed by atoms with Crippen LogP contribution >= 0.6 is 0 Å². The molecule has 3 N–H and O–H groups in total. The summed E-state index contributed by atoms with van der Waals surface area (Å²) in [5.74, 6) is 6.89. The van der Waals surface area contributed by atoms with Crippen LogP contribution in [0.2, 0.25) is 0 Å². The van der Waals surface area contributed by atoms with E-state index in [-0.39, 0.29) is 0 Å². The summed E-state index contributed by atoms with van der Waals surface area (Å²) in [6.07, 6.45) is 17.4. The molecular weight excluding hydrogens is 278 g/mol. The van der Waals surface area contributed by atoms with Gasteiger partial charge in [0.2, 0.25) is 0 Å². The van der Waals surface area contributed by atoms with Crippen molar-refractivity contribution >= 4 is 0 Å². The molecule has 0 aromatic carbocycles. The highest BCUT2D eigenvalue weighted by Gasteiger charge is 2.09. The molecular formula is C18H27NO3. The summed E-state index contributed by atoms with van der Waals surface area (Å²) in [6, 6.07) is 0. The van der Waals surface area contributed by atoms with Crippen LogP contribution in [0.5, 0.6) is 0 Å². The fraction of sp³-hybridized carbons (Fsp3) is 0.667. The Balaban J connectivity index is 4.11. The predicted molar refractivity (Wildman–Crippen MR) is 88.7 cm³/mol. The van der Waals surface area contributed by atoms with Crippen molar-refractivity contribution in [3.8, 4) is 37.0 Å². The van der Waals surface area contributed by atoms with Crippen molar-refractivity contribution < 1.29 is 15.3 Å². The fourth-order valence-electron chi connectivity index (χ4n) is 2.11. The quantitative estimate of drug-likeness (QED) is 0.462. The SMILES string of the molecule is C#CC(O)CCCN(CCCC(O)C#C)CCCC(O)C#C. The molecule has 0 aliphatic rings. The van der Waals surface area contributed by atoms with E-state index in [0.717, 1.165) is 38.9 Å². The first-order valence-electron chi connectivity index (χ1n) is 7.68. The van der Waals surface area contributed by atoms with E-state index in [4.69, 9.17) is 19.3 Å². The predicted octanol–water partition coefficient (Wildman–Crippen LogP) is 0.611. The van der Waals surface area contributed by atoms with Gasteiger partial charge in [0.25, 0.3) is 0 Å². The summed E-state index contributed by atoms with van der Waals surface area (Å²) in [5, 5.41) is 28.1. The van der Waals surface area contributed by atoms with E-state index >= 15 is 0 Å². The Kier molecular flexibility index (Phi) is 12.3. The number of nitrogens with zero attached hydrogens (tertiary/aromatic N) is 1. The van der Waals surface area contributed by atoms with Crippen LogP contribution in [0.15, 0.2) is 0 Å². The monoisotopic (exact) mass is 305 g/mol. The van der Waals surface area contributed by atoms with Crippen LogP contribution in [0.1, 0.15) is 38.5 Å². The molecule has 0 aliphatic carbocycles. The van der Waals surface area contributed by atoms with E-state index in [0.29, 0.717) is 19.3 Å². The van der Waals surface area contributed by atoms with Gasteiger partial charge < -0.3 is 20.2 Å². The normalized spacial score (nSPS) is 14.6. The van der Waals surface area contributed by atoms with Crippen LogP contribution in [0.3, 0.4) is 0 Å². The first-order chi connectivity index (χ1) is 10.5. The van der Waals surface area contributed by atoms with Gasteiger partial charge in [-0.2, -0.15) is 0 Å². The molecule has 0 rings (SSSR count). The average molecular weight is 305 g/mol. The van der Waals surface area contributed by atoms with Gasteiger partial charge in [0.05, 0.1) is 0 Å². The summed E-state index contributed by atoms with van der Waals surface area (Å²) in [5.41, 5.74) is 0. The van der Waals surface area contributed by atoms with Crippen molar-refractivity contribution in [3.63, 3.8) is 0 Å². The van der Waals surface area contributed by atoms with Crippen LogP contribution in [-0.4, -0.2) is 58.2 Å². The van der Waals surface area contributed by atoms with Crippen molar-refractivity contribution in [2.24, 2.45) is 0 Å². The van der Waals surface area contributed by atoms with E-state index < -0.39 is 18.3 Å². The minimum atomic E-state index is -0.701.